The molecule has 8 nitrogen and oxygen atoms in total. The second kappa shape index (κ2) is 6.92. The van der Waals surface area contributed by atoms with E-state index < -0.39 is 6.10 Å². The van der Waals surface area contributed by atoms with Gasteiger partial charge in [-0.25, -0.2) is 0 Å². The molecule has 0 saturated heterocycles. The van der Waals surface area contributed by atoms with Crippen LogP contribution in [0.15, 0.2) is 0 Å². The topological polar surface area (TPSA) is 92.6 Å². The number of aromatic nitrogens is 3. The Hall–Kier alpha value is -1.67. The lowest BCUT2D eigenvalue weighted by Gasteiger charge is -2.20. The summed E-state index contributed by atoms with van der Waals surface area (Å²) in [4.78, 5) is 14.0. The van der Waals surface area contributed by atoms with Gasteiger partial charge < -0.3 is 24.8 Å². The van der Waals surface area contributed by atoms with Crippen molar-refractivity contribution in [3.05, 3.63) is 0 Å². The summed E-state index contributed by atoms with van der Waals surface area (Å²) in [6, 6.07) is 0.220. The van der Waals surface area contributed by atoms with Crippen LogP contribution in [0.4, 0.5) is 11.9 Å². The van der Waals surface area contributed by atoms with Crippen LogP contribution in [-0.2, 0) is 4.74 Å². The van der Waals surface area contributed by atoms with Crippen molar-refractivity contribution in [2.75, 3.05) is 51.7 Å². The largest absolute Gasteiger partial charge is 0.467 e. The highest BCUT2D eigenvalue weighted by Crippen LogP contribution is 2.13. The zero-order valence-electron chi connectivity index (χ0n) is 11.0. The zero-order valence-corrected chi connectivity index (χ0v) is 11.0. The van der Waals surface area contributed by atoms with Crippen LogP contribution < -0.4 is 15.0 Å². The van der Waals surface area contributed by atoms with Gasteiger partial charge in [-0.05, 0) is 0 Å². The van der Waals surface area contributed by atoms with E-state index >= 15 is 0 Å². The van der Waals surface area contributed by atoms with Crippen molar-refractivity contribution in [3.63, 3.8) is 0 Å². The predicted octanol–water partition coefficient (Wildman–Crippen LogP) is -0.635. The molecule has 0 aromatic carbocycles. The van der Waals surface area contributed by atoms with Crippen LogP contribution in [0.5, 0.6) is 6.01 Å². The van der Waals surface area contributed by atoms with Gasteiger partial charge in [-0.3, -0.25) is 0 Å². The molecule has 0 aliphatic carbocycles. The van der Waals surface area contributed by atoms with Gasteiger partial charge in [0.25, 0.3) is 0 Å². The molecule has 1 aromatic rings. The molecule has 0 saturated carbocycles. The maximum atomic E-state index is 9.65. The van der Waals surface area contributed by atoms with Gasteiger partial charge in [0, 0.05) is 27.7 Å². The SMILES string of the molecule is CNc1nc(OC)nc(N(C)CC(O)COC)n1. The molecule has 18 heavy (non-hydrogen) atoms. The Morgan fingerprint density at radius 1 is 1.33 bits per heavy atom. The Morgan fingerprint density at radius 3 is 2.61 bits per heavy atom. The Morgan fingerprint density at radius 2 is 2.06 bits per heavy atom. The molecule has 0 aliphatic rings. The molecule has 1 aromatic heterocycles. The Bertz CT molecular complexity index is 354. The molecule has 0 amide bonds. The summed E-state index contributed by atoms with van der Waals surface area (Å²) in [5.41, 5.74) is 0. The van der Waals surface area contributed by atoms with Crippen LogP contribution >= 0.6 is 0 Å². The zero-order chi connectivity index (χ0) is 13.5. The summed E-state index contributed by atoms with van der Waals surface area (Å²) in [6.45, 7) is 0.607. The second-order valence-electron chi connectivity index (χ2n) is 3.69. The molecule has 102 valence electrons. The van der Waals surface area contributed by atoms with E-state index in [1.165, 1.54) is 14.2 Å². The van der Waals surface area contributed by atoms with E-state index in [1.54, 1.807) is 19.0 Å². The van der Waals surface area contributed by atoms with Crippen molar-refractivity contribution in [3.8, 4) is 6.01 Å². The molecule has 8 heteroatoms. The molecule has 1 unspecified atom stereocenters. The highest BCUT2D eigenvalue weighted by Gasteiger charge is 2.13. The average molecular weight is 257 g/mol. The van der Waals surface area contributed by atoms with Crippen LogP contribution in [-0.4, -0.2) is 67.6 Å². The normalized spacial score (nSPS) is 12.1. The lowest BCUT2D eigenvalue weighted by molar-refractivity contribution is 0.0693. The van der Waals surface area contributed by atoms with Gasteiger partial charge in [0.05, 0.1) is 19.8 Å². The van der Waals surface area contributed by atoms with Crippen molar-refractivity contribution in [1.82, 2.24) is 15.0 Å². The molecule has 0 spiro atoms. The van der Waals surface area contributed by atoms with E-state index in [0.717, 1.165) is 0 Å². The first-order valence-corrected chi connectivity index (χ1v) is 5.46. The maximum absolute atomic E-state index is 9.65. The standard InChI is InChI=1S/C10H19N5O3/c1-11-8-12-9(14-10(13-8)18-4)15(2)5-7(16)6-17-3/h7,16H,5-6H2,1-4H3,(H,11,12,13,14). The van der Waals surface area contributed by atoms with E-state index in [1.807, 2.05) is 0 Å². The van der Waals surface area contributed by atoms with Gasteiger partial charge in [0.2, 0.25) is 11.9 Å². The second-order valence-corrected chi connectivity index (χ2v) is 3.69. The minimum atomic E-state index is -0.610. The summed E-state index contributed by atoms with van der Waals surface area (Å²) in [6.07, 6.45) is -0.610. The van der Waals surface area contributed by atoms with E-state index in [4.69, 9.17) is 9.47 Å². The number of likely N-dealkylation sites (N-methyl/N-ethyl adjacent to an activating group) is 1. The summed E-state index contributed by atoms with van der Waals surface area (Å²) in [5.74, 6) is 0.825. The molecule has 0 bridgehead atoms. The van der Waals surface area contributed by atoms with Crippen molar-refractivity contribution >= 4 is 11.9 Å². The number of hydrogen-bond donors (Lipinski definition) is 2. The fourth-order valence-corrected chi connectivity index (χ4v) is 1.36. The number of anilines is 2. The van der Waals surface area contributed by atoms with Crippen LogP contribution in [0, 0.1) is 0 Å². The van der Waals surface area contributed by atoms with E-state index in [-0.39, 0.29) is 12.6 Å². The lowest BCUT2D eigenvalue weighted by Crippen LogP contribution is -2.33. The van der Waals surface area contributed by atoms with Crippen LogP contribution in [0.1, 0.15) is 0 Å². The predicted molar refractivity (Wildman–Crippen MR) is 67.1 cm³/mol. The lowest BCUT2D eigenvalue weighted by atomic mass is 10.3. The summed E-state index contributed by atoms with van der Waals surface area (Å²) >= 11 is 0. The molecular formula is C10H19N5O3. The Kier molecular flexibility index (Phi) is 5.53. The molecule has 1 heterocycles. The number of rotatable bonds is 7. The number of aliphatic hydroxyl groups excluding tert-OH is 1. The molecule has 1 atom stereocenters. The van der Waals surface area contributed by atoms with Crippen molar-refractivity contribution in [2.45, 2.75) is 6.10 Å². The van der Waals surface area contributed by atoms with Gasteiger partial charge in [-0.1, -0.05) is 0 Å². The molecule has 0 radical (unpaired) electrons. The maximum Gasteiger partial charge on any atom is 0.322 e. The quantitative estimate of drug-likeness (QED) is 0.666. The number of aliphatic hydroxyl groups is 1. The van der Waals surface area contributed by atoms with Crippen LogP contribution in [0.3, 0.4) is 0 Å². The highest BCUT2D eigenvalue weighted by atomic mass is 16.5. The first kappa shape index (κ1) is 14.4. The molecular weight excluding hydrogens is 238 g/mol. The van der Waals surface area contributed by atoms with E-state index in [2.05, 4.69) is 20.3 Å². The Balaban J connectivity index is 2.80. The first-order valence-electron chi connectivity index (χ1n) is 5.46. The van der Waals surface area contributed by atoms with Crippen molar-refractivity contribution < 1.29 is 14.6 Å². The van der Waals surface area contributed by atoms with Gasteiger partial charge >= 0.3 is 6.01 Å². The fraction of sp³-hybridized carbons (Fsp3) is 0.700. The smallest absolute Gasteiger partial charge is 0.322 e. The van der Waals surface area contributed by atoms with Crippen molar-refractivity contribution in [2.24, 2.45) is 0 Å². The minimum absolute atomic E-state index is 0.220. The highest BCUT2D eigenvalue weighted by molar-refractivity contribution is 5.37. The van der Waals surface area contributed by atoms with Gasteiger partial charge in [-0.15, -0.1) is 0 Å². The molecule has 1 rings (SSSR count). The third kappa shape index (κ3) is 3.97. The Labute approximate surface area is 106 Å². The molecule has 0 aliphatic heterocycles. The van der Waals surface area contributed by atoms with Gasteiger partial charge in [0.1, 0.15) is 0 Å². The van der Waals surface area contributed by atoms with Crippen LogP contribution in [0.25, 0.3) is 0 Å². The third-order valence-corrected chi connectivity index (χ3v) is 2.19. The van der Waals surface area contributed by atoms with Gasteiger partial charge in [-0.2, -0.15) is 15.0 Å². The summed E-state index contributed by atoms with van der Waals surface area (Å²) < 4.78 is 9.85. The van der Waals surface area contributed by atoms with Crippen molar-refractivity contribution in [1.29, 1.82) is 0 Å². The first-order chi connectivity index (χ1) is 8.60. The summed E-state index contributed by atoms with van der Waals surface area (Å²) in [7, 11) is 6.50. The minimum Gasteiger partial charge on any atom is -0.467 e. The fourth-order valence-electron chi connectivity index (χ4n) is 1.36. The third-order valence-electron chi connectivity index (χ3n) is 2.19. The van der Waals surface area contributed by atoms with Gasteiger partial charge in [0.15, 0.2) is 0 Å². The van der Waals surface area contributed by atoms with Crippen LogP contribution in [0.2, 0.25) is 0 Å². The molecule has 2 N–H and O–H groups in total. The molecule has 0 fully saturated rings. The average Bonchev–Trinajstić information content (AvgIpc) is 2.38. The number of methoxy groups -OCH3 is 2. The van der Waals surface area contributed by atoms with E-state index in [9.17, 15) is 5.11 Å². The number of nitrogens with one attached hydrogen (secondary N) is 1. The number of hydrogen-bond acceptors (Lipinski definition) is 8. The summed E-state index contributed by atoms with van der Waals surface area (Å²) in [5, 5.41) is 12.5. The monoisotopic (exact) mass is 257 g/mol. The van der Waals surface area contributed by atoms with E-state index in [0.29, 0.717) is 18.4 Å². The number of ether oxygens (including phenoxy) is 2. The number of nitrogens with zero attached hydrogens (tertiary/aromatic N) is 4.